The van der Waals surface area contributed by atoms with Crippen LogP contribution in [0.5, 0.6) is 5.75 Å². The number of urea groups is 1. The van der Waals surface area contributed by atoms with Crippen LogP contribution in [-0.2, 0) is 10.3 Å². The van der Waals surface area contributed by atoms with Crippen molar-refractivity contribution >= 4 is 17.6 Å². The van der Waals surface area contributed by atoms with Crippen molar-refractivity contribution in [1.29, 1.82) is 5.26 Å². The van der Waals surface area contributed by atoms with Crippen molar-refractivity contribution in [2.75, 3.05) is 13.2 Å². The molecule has 1 atom stereocenters. The van der Waals surface area contributed by atoms with Crippen LogP contribution < -0.4 is 10.1 Å². The minimum Gasteiger partial charge on any atom is -0.487 e. The Morgan fingerprint density at radius 2 is 2.17 bits per heavy atom. The van der Waals surface area contributed by atoms with Crippen LogP contribution in [0.2, 0.25) is 0 Å². The first kappa shape index (κ1) is 16.2. The fourth-order valence-electron chi connectivity index (χ4n) is 2.36. The third-order valence-electron chi connectivity index (χ3n) is 3.54. The van der Waals surface area contributed by atoms with Gasteiger partial charge < -0.3 is 10.1 Å². The lowest BCUT2D eigenvalue weighted by Crippen LogP contribution is -2.41. The summed E-state index contributed by atoms with van der Waals surface area (Å²) in [4.78, 5) is 35.6. The van der Waals surface area contributed by atoms with E-state index >= 15 is 0 Å². The maximum absolute atomic E-state index is 12.4. The van der Waals surface area contributed by atoms with Crippen molar-refractivity contribution in [3.63, 3.8) is 0 Å². The number of hydrogen-bond donors (Lipinski definition) is 1. The number of benzene rings is 1. The van der Waals surface area contributed by atoms with Crippen LogP contribution >= 0.6 is 0 Å². The molecule has 1 heterocycles. The van der Waals surface area contributed by atoms with E-state index in [1.54, 1.807) is 13.0 Å². The second kappa shape index (κ2) is 5.92. The number of carbonyl (C=O) groups excluding carboxylic acids is 2. The SMILES string of the molecule is CCOc1ccc(C2(C)NC(=O)N(CC#N)C2=O)cc1[N+](=O)[O-]. The highest BCUT2D eigenvalue weighted by molar-refractivity contribution is 6.07. The number of ether oxygens (including phenoxy) is 1. The van der Waals surface area contributed by atoms with Gasteiger partial charge in [-0.1, -0.05) is 6.07 Å². The van der Waals surface area contributed by atoms with Gasteiger partial charge in [0.25, 0.3) is 5.91 Å². The minimum absolute atomic E-state index is 0.0792. The lowest BCUT2D eigenvalue weighted by atomic mass is 9.91. The monoisotopic (exact) mass is 318 g/mol. The Bertz CT molecular complexity index is 726. The van der Waals surface area contributed by atoms with Gasteiger partial charge in [0, 0.05) is 6.07 Å². The van der Waals surface area contributed by atoms with Crippen molar-refractivity contribution in [3.8, 4) is 11.8 Å². The number of rotatable bonds is 5. The lowest BCUT2D eigenvalue weighted by molar-refractivity contribution is -0.385. The standard InChI is InChI=1S/C14H14N4O5/c1-3-23-11-5-4-9(8-10(11)18(21)22)14(2)12(19)17(7-6-15)13(20)16-14/h4-5,8H,3,7H2,1-2H3,(H,16,20). The summed E-state index contributed by atoms with van der Waals surface area (Å²) in [6.07, 6.45) is 0. The summed E-state index contributed by atoms with van der Waals surface area (Å²) < 4.78 is 5.19. The van der Waals surface area contributed by atoms with Crippen molar-refractivity contribution < 1.29 is 19.2 Å². The van der Waals surface area contributed by atoms with E-state index in [9.17, 15) is 19.7 Å². The quantitative estimate of drug-likeness (QED) is 0.377. The number of nitro groups is 1. The molecule has 1 aromatic carbocycles. The van der Waals surface area contributed by atoms with E-state index in [2.05, 4.69) is 5.32 Å². The molecule has 1 unspecified atom stereocenters. The fourth-order valence-corrected chi connectivity index (χ4v) is 2.36. The molecular formula is C14H14N4O5. The lowest BCUT2D eigenvalue weighted by Gasteiger charge is -2.22. The molecule has 0 aliphatic carbocycles. The van der Waals surface area contributed by atoms with Crippen molar-refractivity contribution in [1.82, 2.24) is 10.2 Å². The summed E-state index contributed by atoms with van der Waals surface area (Å²) in [6, 6.07) is 5.07. The van der Waals surface area contributed by atoms with Crippen molar-refractivity contribution in [2.45, 2.75) is 19.4 Å². The average Bonchev–Trinajstić information content (AvgIpc) is 2.72. The second-order valence-electron chi connectivity index (χ2n) is 4.98. The summed E-state index contributed by atoms with van der Waals surface area (Å²) in [5.74, 6) is -0.557. The van der Waals surface area contributed by atoms with E-state index in [0.717, 1.165) is 4.90 Å². The molecule has 1 fully saturated rings. The fraction of sp³-hybridized carbons (Fsp3) is 0.357. The molecule has 1 aliphatic rings. The number of nitriles is 1. The summed E-state index contributed by atoms with van der Waals surface area (Å²) in [5.41, 5.74) is -1.53. The first-order valence-electron chi connectivity index (χ1n) is 6.78. The molecule has 2 rings (SSSR count). The van der Waals surface area contributed by atoms with Gasteiger partial charge in [-0.05, 0) is 25.5 Å². The first-order valence-corrected chi connectivity index (χ1v) is 6.78. The number of carbonyl (C=O) groups is 2. The van der Waals surface area contributed by atoms with Crippen LogP contribution in [-0.4, -0.2) is 34.9 Å². The van der Waals surface area contributed by atoms with Gasteiger partial charge in [-0.25, -0.2) is 9.69 Å². The van der Waals surface area contributed by atoms with Crippen LogP contribution in [0, 0.1) is 21.4 Å². The summed E-state index contributed by atoms with van der Waals surface area (Å²) in [7, 11) is 0. The van der Waals surface area contributed by atoms with Crippen LogP contribution in [0.15, 0.2) is 18.2 Å². The van der Waals surface area contributed by atoms with E-state index in [1.165, 1.54) is 25.1 Å². The summed E-state index contributed by atoms with van der Waals surface area (Å²) in [6.45, 7) is 2.99. The number of nitrogens with one attached hydrogen (secondary N) is 1. The van der Waals surface area contributed by atoms with E-state index in [4.69, 9.17) is 10.00 Å². The Balaban J connectivity index is 2.48. The van der Waals surface area contributed by atoms with Crippen molar-refractivity contribution in [2.24, 2.45) is 0 Å². The van der Waals surface area contributed by atoms with E-state index in [0.29, 0.717) is 0 Å². The van der Waals surface area contributed by atoms with Crippen LogP contribution in [0.4, 0.5) is 10.5 Å². The average molecular weight is 318 g/mol. The highest BCUT2D eigenvalue weighted by Crippen LogP contribution is 2.35. The second-order valence-corrected chi connectivity index (χ2v) is 4.98. The molecule has 0 spiro atoms. The smallest absolute Gasteiger partial charge is 0.326 e. The molecule has 3 amide bonds. The van der Waals surface area contributed by atoms with Gasteiger partial charge in [0.2, 0.25) is 0 Å². The van der Waals surface area contributed by atoms with Gasteiger partial charge in [-0.2, -0.15) is 5.26 Å². The highest BCUT2D eigenvalue weighted by Gasteiger charge is 2.49. The molecule has 1 aromatic rings. The molecule has 0 saturated carbocycles. The van der Waals surface area contributed by atoms with E-state index in [1.807, 2.05) is 0 Å². The Kier molecular flexibility index (Phi) is 4.18. The molecule has 0 aromatic heterocycles. The predicted molar refractivity (Wildman–Crippen MR) is 77.5 cm³/mol. The normalized spacial score (nSPS) is 20.1. The Morgan fingerprint density at radius 1 is 1.48 bits per heavy atom. The number of imide groups is 1. The Morgan fingerprint density at radius 3 is 2.74 bits per heavy atom. The first-order chi connectivity index (χ1) is 10.8. The molecule has 23 heavy (non-hydrogen) atoms. The maximum Gasteiger partial charge on any atom is 0.326 e. The molecule has 0 radical (unpaired) electrons. The predicted octanol–water partition coefficient (Wildman–Crippen LogP) is 1.28. The zero-order chi connectivity index (χ0) is 17.2. The van der Waals surface area contributed by atoms with Gasteiger partial charge in [-0.3, -0.25) is 14.9 Å². The molecule has 9 nitrogen and oxygen atoms in total. The van der Waals surface area contributed by atoms with Gasteiger partial charge in [0.05, 0.1) is 17.6 Å². The highest BCUT2D eigenvalue weighted by atomic mass is 16.6. The van der Waals surface area contributed by atoms with E-state index in [-0.39, 0.29) is 30.2 Å². The third-order valence-corrected chi connectivity index (χ3v) is 3.54. The van der Waals surface area contributed by atoms with Gasteiger partial charge in [0.15, 0.2) is 5.75 Å². The van der Waals surface area contributed by atoms with E-state index < -0.39 is 22.4 Å². The summed E-state index contributed by atoms with van der Waals surface area (Å²) in [5, 5.41) is 22.3. The number of nitro benzene ring substituents is 1. The van der Waals surface area contributed by atoms with Gasteiger partial charge in [0.1, 0.15) is 12.1 Å². The zero-order valence-corrected chi connectivity index (χ0v) is 12.5. The molecular weight excluding hydrogens is 304 g/mol. The van der Waals surface area contributed by atoms with Crippen LogP contribution in [0.25, 0.3) is 0 Å². The topological polar surface area (TPSA) is 126 Å². The molecule has 1 aliphatic heterocycles. The largest absolute Gasteiger partial charge is 0.487 e. The molecule has 1 N–H and O–H groups in total. The third kappa shape index (κ3) is 2.66. The molecule has 120 valence electrons. The van der Waals surface area contributed by atoms with Gasteiger partial charge in [-0.15, -0.1) is 0 Å². The van der Waals surface area contributed by atoms with Crippen LogP contribution in [0.3, 0.4) is 0 Å². The maximum atomic E-state index is 12.4. The van der Waals surface area contributed by atoms with Crippen molar-refractivity contribution in [3.05, 3.63) is 33.9 Å². The number of nitrogens with zero attached hydrogens (tertiary/aromatic N) is 3. The minimum atomic E-state index is -1.47. The zero-order valence-electron chi connectivity index (χ0n) is 12.5. The Labute approximate surface area is 131 Å². The Hall–Kier alpha value is -3.15. The van der Waals surface area contributed by atoms with Crippen LogP contribution in [0.1, 0.15) is 19.4 Å². The molecule has 1 saturated heterocycles. The van der Waals surface area contributed by atoms with Gasteiger partial charge >= 0.3 is 11.7 Å². The molecule has 9 heteroatoms. The summed E-state index contributed by atoms with van der Waals surface area (Å²) >= 11 is 0. The number of hydrogen-bond acceptors (Lipinski definition) is 6. The molecule has 0 bridgehead atoms. The number of amides is 3.